The molecule has 0 bridgehead atoms. The average Bonchev–Trinajstić information content (AvgIpc) is 2.73. The molecule has 3 aromatic rings. The maximum Gasteiger partial charge on any atom is 0.271 e. The summed E-state index contributed by atoms with van der Waals surface area (Å²) in [6.45, 7) is 1.83. The highest BCUT2D eigenvalue weighted by Gasteiger charge is 2.08. The third-order valence-electron chi connectivity index (χ3n) is 3.96. The zero-order valence-corrected chi connectivity index (χ0v) is 14.8. The summed E-state index contributed by atoms with van der Waals surface area (Å²) < 4.78 is 0. The zero-order valence-electron chi connectivity index (χ0n) is 14.8. The molecule has 0 radical (unpaired) electrons. The lowest BCUT2D eigenvalue weighted by Crippen LogP contribution is -2.19. The molecule has 2 amide bonds. The van der Waals surface area contributed by atoms with Gasteiger partial charge >= 0.3 is 0 Å². The van der Waals surface area contributed by atoms with Crippen LogP contribution in [0.4, 0.5) is 5.69 Å². The van der Waals surface area contributed by atoms with Gasteiger partial charge in [0.05, 0.1) is 5.71 Å². The Morgan fingerprint density at radius 1 is 0.667 bits per heavy atom. The number of rotatable bonds is 5. The molecule has 0 saturated heterocycles. The van der Waals surface area contributed by atoms with Crippen LogP contribution in [0.2, 0.25) is 0 Å². The van der Waals surface area contributed by atoms with E-state index in [4.69, 9.17) is 0 Å². The van der Waals surface area contributed by atoms with Crippen LogP contribution in [-0.4, -0.2) is 17.5 Å². The van der Waals surface area contributed by atoms with Gasteiger partial charge in [0.2, 0.25) is 0 Å². The number of amides is 2. The number of carbonyl (C=O) groups excluding carboxylic acids is 2. The molecule has 5 nitrogen and oxygen atoms in total. The molecule has 2 N–H and O–H groups in total. The minimum atomic E-state index is -0.314. The van der Waals surface area contributed by atoms with Crippen LogP contribution >= 0.6 is 0 Å². The predicted molar refractivity (Wildman–Crippen MR) is 107 cm³/mol. The molecule has 3 aromatic carbocycles. The van der Waals surface area contributed by atoms with Gasteiger partial charge in [-0.05, 0) is 48.9 Å². The van der Waals surface area contributed by atoms with Crippen molar-refractivity contribution < 1.29 is 9.59 Å². The summed E-state index contributed by atoms with van der Waals surface area (Å²) in [5.41, 5.74) is 5.85. The minimum Gasteiger partial charge on any atom is -0.322 e. The topological polar surface area (TPSA) is 70.6 Å². The van der Waals surface area contributed by atoms with E-state index < -0.39 is 0 Å². The van der Waals surface area contributed by atoms with Crippen molar-refractivity contribution in [2.75, 3.05) is 5.32 Å². The smallest absolute Gasteiger partial charge is 0.271 e. The van der Waals surface area contributed by atoms with Crippen molar-refractivity contribution >= 4 is 23.2 Å². The molecule has 134 valence electrons. The van der Waals surface area contributed by atoms with Gasteiger partial charge in [0.25, 0.3) is 11.8 Å². The Balaban J connectivity index is 1.61. The number of anilines is 1. The van der Waals surface area contributed by atoms with Crippen LogP contribution in [0.15, 0.2) is 90.0 Å². The summed E-state index contributed by atoms with van der Waals surface area (Å²) in [5.74, 6) is -0.512. The molecule has 0 fully saturated rings. The molecule has 0 aliphatic rings. The van der Waals surface area contributed by atoms with Crippen LogP contribution in [-0.2, 0) is 0 Å². The van der Waals surface area contributed by atoms with Crippen LogP contribution < -0.4 is 10.7 Å². The Kier molecular flexibility index (Phi) is 5.74. The third kappa shape index (κ3) is 4.89. The molecule has 0 saturated carbocycles. The summed E-state index contributed by atoms with van der Waals surface area (Å²) in [5, 5.41) is 6.93. The lowest BCUT2D eigenvalue weighted by atomic mass is 10.1. The lowest BCUT2D eigenvalue weighted by Gasteiger charge is -2.07. The van der Waals surface area contributed by atoms with E-state index in [0.29, 0.717) is 16.8 Å². The standard InChI is InChI=1S/C22H19N3O2/c1-16(17-8-4-2-5-9-17)24-25-22(27)19-12-14-20(15-13-19)23-21(26)18-10-6-3-7-11-18/h2-15H,1H3,(H,23,26)(H,25,27)/b24-16+. The molecule has 5 heteroatoms. The summed E-state index contributed by atoms with van der Waals surface area (Å²) in [6, 6.07) is 25.2. The number of nitrogens with zero attached hydrogens (tertiary/aromatic N) is 1. The van der Waals surface area contributed by atoms with E-state index >= 15 is 0 Å². The van der Waals surface area contributed by atoms with Crippen LogP contribution in [0.1, 0.15) is 33.2 Å². The van der Waals surface area contributed by atoms with Crippen LogP contribution in [0, 0.1) is 0 Å². The van der Waals surface area contributed by atoms with Gasteiger partial charge in [-0.3, -0.25) is 9.59 Å². The van der Waals surface area contributed by atoms with E-state index in [1.54, 1.807) is 48.5 Å². The van der Waals surface area contributed by atoms with E-state index in [1.807, 2.05) is 43.3 Å². The first-order valence-electron chi connectivity index (χ1n) is 8.50. The Bertz CT molecular complexity index is 950. The van der Waals surface area contributed by atoms with E-state index in [2.05, 4.69) is 15.8 Å². The van der Waals surface area contributed by atoms with Crippen molar-refractivity contribution in [2.24, 2.45) is 5.10 Å². The minimum absolute atomic E-state index is 0.198. The van der Waals surface area contributed by atoms with Gasteiger partial charge in [-0.15, -0.1) is 0 Å². The molecule has 0 spiro atoms. The molecule has 27 heavy (non-hydrogen) atoms. The van der Waals surface area contributed by atoms with Gasteiger partial charge in [-0.25, -0.2) is 5.43 Å². The molecule has 0 unspecified atom stereocenters. The molecule has 0 aliphatic carbocycles. The SMILES string of the molecule is C/C(=N\NC(=O)c1ccc(NC(=O)c2ccccc2)cc1)c1ccccc1. The van der Waals surface area contributed by atoms with Crippen molar-refractivity contribution in [1.82, 2.24) is 5.43 Å². The molecule has 0 atom stereocenters. The maximum atomic E-state index is 12.2. The highest BCUT2D eigenvalue weighted by Crippen LogP contribution is 2.11. The van der Waals surface area contributed by atoms with Gasteiger partial charge in [0, 0.05) is 16.8 Å². The van der Waals surface area contributed by atoms with Gasteiger partial charge < -0.3 is 5.32 Å². The Hall–Kier alpha value is -3.73. The van der Waals surface area contributed by atoms with Crippen molar-refractivity contribution in [3.63, 3.8) is 0 Å². The highest BCUT2D eigenvalue weighted by molar-refractivity contribution is 6.04. The number of hydrogen-bond donors (Lipinski definition) is 2. The number of benzene rings is 3. The lowest BCUT2D eigenvalue weighted by molar-refractivity contribution is 0.0954. The fraction of sp³-hybridized carbons (Fsp3) is 0.0455. The van der Waals surface area contributed by atoms with E-state index in [0.717, 1.165) is 11.3 Å². The Morgan fingerprint density at radius 2 is 1.19 bits per heavy atom. The van der Waals surface area contributed by atoms with Crippen molar-refractivity contribution in [3.05, 3.63) is 102 Å². The van der Waals surface area contributed by atoms with Crippen LogP contribution in [0.25, 0.3) is 0 Å². The monoisotopic (exact) mass is 357 g/mol. The Morgan fingerprint density at radius 3 is 1.78 bits per heavy atom. The molecule has 0 heterocycles. The van der Waals surface area contributed by atoms with Crippen LogP contribution in [0.3, 0.4) is 0 Å². The van der Waals surface area contributed by atoms with Gasteiger partial charge in [-0.1, -0.05) is 48.5 Å². The zero-order chi connectivity index (χ0) is 19.1. The second-order valence-electron chi connectivity index (χ2n) is 5.90. The Labute approximate surface area is 157 Å². The van der Waals surface area contributed by atoms with Crippen molar-refractivity contribution in [2.45, 2.75) is 6.92 Å². The molecule has 0 aliphatic heterocycles. The van der Waals surface area contributed by atoms with Gasteiger partial charge in [0.1, 0.15) is 0 Å². The molecule has 3 rings (SSSR count). The number of carbonyl (C=O) groups is 2. The number of hydrazone groups is 1. The highest BCUT2D eigenvalue weighted by atomic mass is 16.2. The number of hydrogen-bond acceptors (Lipinski definition) is 3. The molecular weight excluding hydrogens is 338 g/mol. The average molecular weight is 357 g/mol. The summed E-state index contributed by atoms with van der Waals surface area (Å²) >= 11 is 0. The fourth-order valence-electron chi connectivity index (χ4n) is 2.44. The summed E-state index contributed by atoms with van der Waals surface area (Å²) in [6.07, 6.45) is 0. The van der Waals surface area contributed by atoms with E-state index in [1.165, 1.54) is 0 Å². The largest absolute Gasteiger partial charge is 0.322 e. The first-order valence-corrected chi connectivity index (χ1v) is 8.50. The van der Waals surface area contributed by atoms with Crippen molar-refractivity contribution in [3.8, 4) is 0 Å². The quantitative estimate of drug-likeness (QED) is 0.533. The summed E-state index contributed by atoms with van der Waals surface area (Å²) in [7, 11) is 0. The molecular formula is C22H19N3O2. The second-order valence-corrected chi connectivity index (χ2v) is 5.90. The normalized spacial score (nSPS) is 10.9. The molecule has 0 aromatic heterocycles. The third-order valence-corrected chi connectivity index (χ3v) is 3.96. The van der Waals surface area contributed by atoms with Gasteiger partial charge in [-0.2, -0.15) is 5.10 Å². The first kappa shape index (κ1) is 18.1. The van der Waals surface area contributed by atoms with Crippen LogP contribution in [0.5, 0.6) is 0 Å². The maximum absolute atomic E-state index is 12.2. The first-order chi connectivity index (χ1) is 13.1. The predicted octanol–water partition coefficient (Wildman–Crippen LogP) is 4.09. The second kappa shape index (κ2) is 8.58. The number of nitrogens with one attached hydrogen (secondary N) is 2. The van der Waals surface area contributed by atoms with Crippen molar-refractivity contribution in [1.29, 1.82) is 0 Å². The van der Waals surface area contributed by atoms with E-state index in [9.17, 15) is 9.59 Å². The van der Waals surface area contributed by atoms with Gasteiger partial charge in [0.15, 0.2) is 0 Å². The van der Waals surface area contributed by atoms with E-state index in [-0.39, 0.29) is 11.8 Å². The fourth-order valence-corrected chi connectivity index (χ4v) is 2.44. The summed E-state index contributed by atoms with van der Waals surface area (Å²) in [4.78, 5) is 24.4.